The molecule has 0 bridgehead atoms. The highest BCUT2D eigenvalue weighted by atomic mass is 15.2. The van der Waals surface area contributed by atoms with Crippen molar-refractivity contribution in [2.24, 2.45) is 5.92 Å². The van der Waals surface area contributed by atoms with Crippen molar-refractivity contribution in [2.75, 3.05) is 26.2 Å². The average Bonchev–Trinajstić information content (AvgIpc) is 2.83. The van der Waals surface area contributed by atoms with Gasteiger partial charge in [0, 0.05) is 31.7 Å². The van der Waals surface area contributed by atoms with Gasteiger partial charge < -0.3 is 5.32 Å². The summed E-state index contributed by atoms with van der Waals surface area (Å²) in [6, 6.07) is 0. The molecule has 1 spiro atoms. The summed E-state index contributed by atoms with van der Waals surface area (Å²) in [6.07, 6.45) is 13.2. The van der Waals surface area contributed by atoms with Crippen LogP contribution >= 0.6 is 0 Å². The SMILES string of the molecule is C1CCC2(CC1)CN(CC1CCCC1)CCN2. The molecule has 0 radical (unpaired) electrons. The van der Waals surface area contributed by atoms with Crippen molar-refractivity contribution in [2.45, 2.75) is 63.3 Å². The zero-order valence-corrected chi connectivity index (χ0v) is 11.2. The summed E-state index contributed by atoms with van der Waals surface area (Å²) in [6.45, 7) is 5.25. The fourth-order valence-corrected chi connectivity index (χ4v) is 4.32. The first-order valence-electron chi connectivity index (χ1n) is 7.84. The van der Waals surface area contributed by atoms with Crippen molar-refractivity contribution in [1.82, 2.24) is 10.2 Å². The van der Waals surface area contributed by atoms with Gasteiger partial charge in [0.05, 0.1) is 0 Å². The van der Waals surface area contributed by atoms with Crippen molar-refractivity contribution in [1.29, 1.82) is 0 Å². The molecule has 0 atom stereocenters. The Balaban J connectivity index is 1.55. The normalized spacial score (nSPS) is 31.1. The van der Waals surface area contributed by atoms with E-state index in [0.717, 1.165) is 5.92 Å². The average molecular weight is 236 g/mol. The van der Waals surface area contributed by atoms with Gasteiger partial charge in [0.2, 0.25) is 0 Å². The van der Waals surface area contributed by atoms with Crippen LogP contribution in [0.15, 0.2) is 0 Å². The van der Waals surface area contributed by atoms with Gasteiger partial charge in [0.1, 0.15) is 0 Å². The fourth-order valence-electron chi connectivity index (χ4n) is 4.32. The Morgan fingerprint density at radius 1 is 1.00 bits per heavy atom. The van der Waals surface area contributed by atoms with Crippen LogP contribution in [0.4, 0.5) is 0 Å². The van der Waals surface area contributed by atoms with E-state index in [1.807, 2.05) is 0 Å². The summed E-state index contributed by atoms with van der Waals surface area (Å²) < 4.78 is 0. The lowest BCUT2D eigenvalue weighted by molar-refractivity contribution is 0.0879. The smallest absolute Gasteiger partial charge is 0.0309 e. The number of rotatable bonds is 2. The van der Waals surface area contributed by atoms with Crippen LogP contribution < -0.4 is 5.32 Å². The zero-order valence-electron chi connectivity index (χ0n) is 11.2. The van der Waals surface area contributed by atoms with Gasteiger partial charge >= 0.3 is 0 Å². The predicted octanol–water partition coefficient (Wildman–Crippen LogP) is 2.78. The molecule has 1 aliphatic heterocycles. The van der Waals surface area contributed by atoms with E-state index in [4.69, 9.17) is 0 Å². The van der Waals surface area contributed by atoms with Crippen LogP contribution in [-0.4, -0.2) is 36.6 Å². The molecule has 98 valence electrons. The van der Waals surface area contributed by atoms with E-state index in [9.17, 15) is 0 Å². The first kappa shape index (κ1) is 12.0. The molecule has 0 amide bonds. The maximum Gasteiger partial charge on any atom is 0.0309 e. The first-order chi connectivity index (χ1) is 8.36. The highest BCUT2D eigenvalue weighted by Crippen LogP contribution is 2.32. The maximum atomic E-state index is 3.85. The molecule has 3 rings (SSSR count). The highest BCUT2D eigenvalue weighted by molar-refractivity contribution is 4.97. The molecule has 2 nitrogen and oxygen atoms in total. The second-order valence-electron chi connectivity index (χ2n) is 6.65. The molecule has 3 fully saturated rings. The molecule has 17 heavy (non-hydrogen) atoms. The van der Waals surface area contributed by atoms with E-state index in [2.05, 4.69) is 10.2 Å². The van der Waals surface area contributed by atoms with Crippen LogP contribution in [0.1, 0.15) is 57.8 Å². The Kier molecular flexibility index (Phi) is 3.72. The number of hydrogen-bond acceptors (Lipinski definition) is 2. The topological polar surface area (TPSA) is 15.3 Å². The molecule has 0 aromatic rings. The lowest BCUT2D eigenvalue weighted by atomic mass is 9.80. The van der Waals surface area contributed by atoms with Crippen molar-refractivity contribution >= 4 is 0 Å². The van der Waals surface area contributed by atoms with Crippen LogP contribution in [-0.2, 0) is 0 Å². The molecular formula is C15H28N2. The number of nitrogens with zero attached hydrogens (tertiary/aromatic N) is 1. The van der Waals surface area contributed by atoms with Gasteiger partial charge in [-0.15, -0.1) is 0 Å². The van der Waals surface area contributed by atoms with Crippen molar-refractivity contribution < 1.29 is 0 Å². The van der Waals surface area contributed by atoms with Gasteiger partial charge in [-0.25, -0.2) is 0 Å². The van der Waals surface area contributed by atoms with E-state index in [-0.39, 0.29) is 0 Å². The van der Waals surface area contributed by atoms with Crippen LogP contribution in [0.2, 0.25) is 0 Å². The van der Waals surface area contributed by atoms with Gasteiger partial charge in [-0.3, -0.25) is 4.90 Å². The van der Waals surface area contributed by atoms with E-state index in [0.29, 0.717) is 5.54 Å². The summed E-state index contributed by atoms with van der Waals surface area (Å²) in [7, 11) is 0. The third kappa shape index (κ3) is 2.85. The molecule has 1 saturated heterocycles. The molecule has 0 aromatic heterocycles. The van der Waals surface area contributed by atoms with Gasteiger partial charge in [0.25, 0.3) is 0 Å². The van der Waals surface area contributed by atoms with Crippen LogP contribution in [0.5, 0.6) is 0 Å². The second-order valence-corrected chi connectivity index (χ2v) is 6.65. The summed E-state index contributed by atoms with van der Waals surface area (Å²) in [5.74, 6) is 1.02. The molecule has 3 aliphatic rings. The second kappa shape index (κ2) is 5.27. The maximum absolute atomic E-state index is 3.85. The summed E-state index contributed by atoms with van der Waals surface area (Å²) >= 11 is 0. The summed E-state index contributed by atoms with van der Waals surface area (Å²) in [5, 5.41) is 3.85. The van der Waals surface area contributed by atoms with E-state index in [1.54, 1.807) is 0 Å². The molecule has 1 heterocycles. The minimum Gasteiger partial charge on any atom is -0.309 e. The number of nitrogens with one attached hydrogen (secondary N) is 1. The lowest BCUT2D eigenvalue weighted by Gasteiger charge is -2.46. The molecule has 2 aliphatic carbocycles. The van der Waals surface area contributed by atoms with Crippen molar-refractivity contribution in [3.8, 4) is 0 Å². The quantitative estimate of drug-likeness (QED) is 0.793. The van der Waals surface area contributed by atoms with Crippen LogP contribution in [0.25, 0.3) is 0 Å². The highest BCUT2D eigenvalue weighted by Gasteiger charge is 2.36. The standard InChI is InChI=1S/C15H28N2/c1-4-8-15(9-5-1)13-17(11-10-16-15)12-14-6-2-3-7-14/h14,16H,1-13H2. The van der Waals surface area contributed by atoms with Gasteiger partial charge in [-0.05, 0) is 31.6 Å². The van der Waals surface area contributed by atoms with Crippen LogP contribution in [0, 0.1) is 5.92 Å². The Hall–Kier alpha value is -0.0800. The molecule has 0 unspecified atom stereocenters. The third-order valence-corrected chi connectivity index (χ3v) is 5.26. The zero-order chi connectivity index (χ0) is 11.6. The minimum absolute atomic E-state index is 0.509. The monoisotopic (exact) mass is 236 g/mol. The molecule has 1 N–H and O–H groups in total. The van der Waals surface area contributed by atoms with Gasteiger partial charge in [-0.1, -0.05) is 32.1 Å². The number of hydrogen-bond donors (Lipinski definition) is 1. The summed E-state index contributed by atoms with van der Waals surface area (Å²) in [4.78, 5) is 2.78. The van der Waals surface area contributed by atoms with E-state index >= 15 is 0 Å². The number of piperazine rings is 1. The Bertz CT molecular complexity index is 234. The molecule has 2 heteroatoms. The Morgan fingerprint density at radius 3 is 2.53 bits per heavy atom. The largest absolute Gasteiger partial charge is 0.309 e. The minimum atomic E-state index is 0.509. The third-order valence-electron chi connectivity index (χ3n) is 5.26. The Morgan fingerprint density at radius 2 is 1.76 bits per heavy atom. The first-order valence-corrected chi connectivity index (χ1v) is 7.84. The van der Waals surface area contributed by atoms with Gasteiger partial charge in [-0.2, -0.15) is 0 Å². The lowest BCUT2D eigenvalue weighted by Crippen LogP contribution is -2.61. The van der Waals surface area contributed by atoms with Crippen molar-refractivity contribution in [3.63, 3.8) is 0 Å². The van der Waals surface area contributed by atoms with E-state index < -0.39 is 0 Å². The molecular weight excluding hydrogens is 208 g/mol. The predicted molar refractivity (Wildman–Crippen MR) is 72.2 cm³/mol. The Labute approximate surface area is 106 Å². The van der Waals surface area contributed by atoms with Crippen molar-refractivity contribution in [3.05, 3.63) is 0 Å². The van der Waals surface area contributed by atoms with Crippen LogP contribution in [0.3, 0.4) is 0 Å². The molecule has 2 saturated carbocycles. The van der Waals surface area contributed by atoms with E-state index in [1.165, 1.54) is 84.0 Å². The molecule has 0 aromatic carbocycles. The fraction of sp³-hybridized carbons (Fsp3) is 1.00. The summed E-state index contributed by atoms with van der Waals surface area (Å²) in [5.41, 5.74) is 0.509. The van der Waals surface area contributed by atoms with Gasteiger partial charge in [0.15, 0.2) is 0 Å².